The highest BCUT2D eigenvalue weighted by molar-refractivity contribution is 5.77. The van der Waals surface area contributed by atoms with Gasteiger partial charge in [0.05, 0.1) is 26.9 Å². The van der Waals surface area contributed by atoms with Gasteiger partial charge in [-0.15, -0.1) is 0 Å². The summed E-state index contributed by atoms with van der Waals surface area (Å²) in [5, 5.41) is 2.94. The van der Waals surface area contributed by atoms with E-state index >= 15 is 0 Å². The third-order valence-corrected chi connectivity index (χ3v) is 3.76. The van der Waals surface area contributed by atoms with Crippen LogP contribution in [0.2, 0.25) is 0 Å². The van der Waals surface area contributed by atoms with Crippen LogP contribution < -0.4 is 14.8 Å². The monoisotopic (exact) mass is 352 g/mol. The minimum Gasteiger partial charge on any atom is -0.493 e. The van der Waals surface area contributed by atoms with Gasteiger partial charge in [0, 0.05) is 19.7 Å². The first-order chi connectivity index (χ1) is 12.0. The molecule has 6 heteroatoms. The van der Waals surface area contributed by atoms with E-state index in [2.05, 4.69) is 10.2 Å². The predicted molar refractivity (Wildman–Crippen MR) is 99.2 cm³/mol. The summed E-state index contributed by atoms with van der Waals surface area (Å²) in [6.07, 6.45) is 1.05. The summed E-state index contributed by atoms with van der Waals surface area (Å²) in [6, 6.07) is 5.82. The van der Waals surface area contributed by atoms with Crippen LogP contribution in [0, 0.1) is 0 Å². The molecule has 0 fully saturated rings. The zero-order chi connectivity index (χ0) is 18.7. The molecule has 0 aliphatic rings. The summed E-state index contributed by atoms with van der Waals surface area (Å²) in [5.41, 5.74) is 1.08. The minimum absolute atomic E-state index is 0.0341. The number of carbonyl (C=O) groups excluding carboxylic acids is 1. The molecule has 1 aromatic carbocycles. The van der Waals surface area contributed by atoms with Gasteiger partial charge >= 0.3 is 0 Å². The van der Waals surface area contributed by atoms with Crippen LogP contribution in [0.25, 0.3) is 0 Å². The van der Waals surface area contributed by atoms with Gasteiger partial charge in [-0.2, -0.15) is 0 Å². The van der Waals surface area contributed by atoms with Crippen molar-refractivity contribution in [3.63, 3.8) is 0 Å². The SMILES string of the molecule is CCN(CC(=O)NCCCOC(C)C)Cc1ccc(OC)c(OC)c1. The summed E-state index contributed by atoms with van der Waals surface area (Å²) in [5.74, 6) is 1.44. The smallest absolute Gasteiger partial charge is 0.234 e. The molecule has 1 aromatic rings. The van der Waals surface area contributed by atoms with Gasteiger partial charge in [-0.25, -0.2) is 0 Å². The molecule has 1 rings (SSSR count). The van der Waals surface area contributed by atoms with Crippen molar-refractivity contribution in [2.24, 2.45) is 0 Å². The molecule has 0 unspecified atom stereocenters. The van der Waals surface area contributed by atoms with Crippen molar-refractivity contribution in [3.05, 3.63) is 23.8 Å². The molecule has 142 valence electrons. The second-order valence-corrected chi connectivity index (χ2v) is 6.12. The number of rotatable bonds is 12. The Morgan fingerprint density at radius 3 is 2.52 bits per heavy atom. The van der Waals surface area contributed by atoms with E-state index in [1.54, 1.807) is 14.2 Å². The highest BCUT2D eigenvalue weighted by Crippen LogP contribution is 2.27. The van der Waals surface area contributed by atoms with Crippen molar-refractivity contribution < 1.29 is 19.0 Å². The number of hydrogen-bond donors (Lipinski definition) is 1. The molecule has 0 atom stereocenters. The molecule has 6 nitrogen and oxygen atoms in total. The van der Waals surface area contributed by atoms with Crippen LogP contribution in [0.3, 0.4) is 0 Å². The van der Waals surface area contributed by atoms with Crippen LogP contribution in [-0.4, -0.2) is 57.4 Å². The second kappa shape index (κ2) is 11.7. The Kier molecular flexibility index (Phi) is 9.96. The predicted octanol–water partition coefficient (Wildman–Crippen LogP) is 2.46. The van der Waals surface area contributed by atoms with Gasteiger partial charge in [0.25, 0.3) is 0 Å². The average Bonchev–Trinajstić information content (AvgIpc) is 2.60. The molecule has 0 saturated heterocycles. The average molecular weight is 352 g/mol. The van der Waals surface area contributed by atoms with E-state index in [9.17, 15) is 4.79 Å². The maximum absolute atomic E-state index is 12.1. The van der Waals surface area contributed by atoms with E-state index in [-0.39, 0.29) is 12.0 Å². The van der Waals surface area contributed by atoms with Gasteiger partial charge in [-0.3, -0.25) is 9.69 Å². The summed E-state index contributed by atoms with van der Waals surface area (Å²) in [4.78, 5) is 14.2. The summed E-state index contributed by atoms with van der Waals surface area (Å²) < 4.78 is 16.0. The van der Waals surface area contributed by atoms with Crippen LogP contribution in [-0.2, 0) is 16.1 Å². The number of likely N-dealkylation sites (N-methyl/N-ethyl adjacent to an activating group) is 1. The van der Waals surface area contributed by atoms with Gasteiger partial charge in [0.1, 0.15) is 0 Å². The number of nitrogens with zero attached hydrogens (tertiary/aromatic N) is 1. The molecule has 0 aliphatic carbocycles. The first kappa shape index (κ1) is 21.3. The maximum Gasteiger partial charge on any atom is 0.234 e. The molecule has 25 heavy (non-hydrogen) atoms. The van der Waals surface area contributed by atoms with Crippen molar-refractivity contribution in [3.8, 4) is 11.5 Å². The molecule has 0 spiro atoms. The van der Waals surface area contributed by atoms with Crippen molar-refractivity contribution in [1.29, 1.82) is 0 Å². The highest BCUT2D eigenvalue weighted by atomic mass is 16.5. The zero-order valence-corrected chi connectivity index (χ0v) is 16.1. The van der Waals surface area contributed by atoms with Crippen molar-refractivity contribution >= 4 is 5.91 Å². The molecule has 1 amide bonds. The van der Waals surface area contributed by atoms with Crippen LogP contribution in [0.1, 0.15) is 32.8 Å². The molecular weight excluding hydrogens is 320 g/mol. The fraction of sp³-hybridized carbons (Fsp3) is 0.632. The number of nitrogens with one attached hydrogen (secondary N) is 1. The van der Waals surface area contributed by atoms with Gasteiger partial charge in [-0.1, -0.05) is 13.0 Å². The Balaban J connectivity index is 2.44. The molecule has 0 radical (unpaired) electrons. The largest absolute Gasteiger partial charge is 0.493 e. The lowest BCUT2D eigenvalue weighted by molar-refractivity contribution is -0.122. The van der Waals surface area contributed by atoms with Crippen molar-refractivity contribution in [2.75, 3.05) is 40.5 Å². The van der Waals surface area contributed by atoms with E-state index in [1.807, 2.05) is 39.0 Å². The maximum atomic E-state index is 12.1. The highest BCUT2D eigenvalue weighted by Gasteiger charge is 2.11. The number of hydrogen-bond acceptors (Lipinski definition) is 5. The van der Waals surface area contributed by atoms with E-state index < -0.39 is 0 Å². The quantitative estimate of drug-likeness (QED) is 0.586. The molecule has 0 saturated carbocycles. The van der Waals surface area contributed by atoms with Crippen LogP contribution in [0.15, 0.2) is 18.2 Å². The fourth-order valence-corrected chi connectivity index (χ4v) is 2.39. The molecule has 0 aromatic heterocycles. The summed E-state index contributed by atoms with van der Waals surface area (Å²) >= 11 is 0. The first-order valence-corrected chi connectivity index (χ1v) is 8.81. The Morgan fingerprint density at radius 1 is 1.20 bits per heavy atom. The van der Waals surface area contributed by atoms with E-state index in [0.717, 1.165) is 18.5 Å². The van der Waals surface area contributed by atoms with Gasteiger partial charge in [0.15, 0.2) is 11.5 Å². The number of ether oxygens (including phenoxy) is 3. The Hall–Kier alpha value is -1.79. The third-order valence-electron chi connectivity index (χ3n) is 3.76. The number of benzene rings is 1. The molecule has 0 aliphatic heterocycles. The number of amides is 1. The van der Waals surface area contributed by atoms with Crippen LogP contribution in [0.5, 0.6) is 11.5 Å². The first-order valence-electron chi connectivity index (χ1n) is 8.81. The van der Waals surface area contributed by atoms with Gasteiger partial charge in [0.2, 0.25) is 5.91 Å². The van der Waals surface area contributed by atoms with Crippen molar-refractivity contribution in [2.45, 2.75) is 39.8 Å². The molecular formula is C19H32N2O4. The Morgan fingerprint density at radius 2 is 1.92 bits per heavy atom. The van der Waals surface area contributed by atoms with Gasteiger partial charge < -0.3 is 19.5 Å². The van der Waals surface area contributed by atoms with E-state index in [4.69, 9.17) is 14.2 Å². The lowest BCUT2D eigenvalue weighted by Crippen LogP contribution is -2.37. The lowest BCUT2D eigenvalue weighted by atomic mass is 10.2. The molecule has 0 bridgehead atoms. The van der Waals surface area contributed by atoms with Crippen LogP contribution in [0.4, 0.5) is 0 Å². The Labute approximate surface area is 151 Å². The van der Waals surface area contributed by atoms with Crippen molar-refractivity contribution in [1.82, 2.24) is 10.2 Å². The zero-order valence-electron chi connectivity index (χ0n) is 16.1. The molecule has 1 N–H and O–H groups in total. The van der Waals surface area contributed by atoms with E-state index in [1.165, 1.54) is 0 Å². The standard InChI is InChI=1S/C19H32N2O4/c1-6-21(14-19(22)20-10-7-11-25-15(2)3)13-16-8-9-17(23-4)18(12-16)24-5/h8-9,12,15H,6-7,10-11,13-14H2,1-5H3,(H,20,22). The third kappa shape index (κ3) is 8.23. The van der Waals surface area contributed by atoms with Crippen LogP contribution >= 0.6 is 0 Å². The minimum atomic E-state index is 0.0341. The van der Waals surface area contributed by atoms with Gasteiger partial charge in [-0.05, 0) is 44.5 Å². The number of methoxy groups -OCH3 is 2. The lowest BCUT2D eigenvalue weighted by Gasteiger charge is -2.20. The summed E-state index contributed by atoms with van der Waals surface area (Å²) in [6.45, 7) is 9.21. The number of carbonyl (C=O) groups is 1. The summed E-state index contributed by atoms with van der Waals surface area (Å²) in [7, 11) is 3.24. The molecule has 0 heterocycles. The second-order valence-electron chi connectivity index (χ2n) is 6.12. The Bertz CT molecular complexity index is 520. The van der Waals surface area contributed by atoms with E-state index in [0.29, 0.717) is 37.7 Å². The normalized spacial score (nSPS) is 11.0. The fourth-order valence-electron chi connectivity index (χ4n) is 2.39. The topological polar surface area (TPSA) is 60.0 Å².